The number of Topliss-reactive ketones (excluding diaryl/α,β-unsaturated/α-hetero) is 1. The Morgan fingerprint density at radius 1 is 0.909 bits per heavy atom. The first-order valence-corrected chi connectivity index (χ1v) is 10.8. The molecule has 0 spiro atoms. The van der Waals surface area contributed by atoms with E-state index in [9.17, 15) is 14.7 Å². The number of carbonyl (C=O) groups is 2. The van der Waals surface area contributed by atoms with Gasteiger partial charge < -0.3 is 20.3 Å². The monoisotopic (exact) mass is 437 g/mol. The van der Waals surface area contributed by atoms with Crippen molar-refractivity contribution >= 4 is 23.1 Å². The fourth-order valence-electron chi connectivity index (χ4n) is 4.13. The molecule has 5 rings (SSSR count). The number of hydrogen-bond donors (Lipinski definition) is 3. The number of aliphatic hydroxyl groups is 1. The van der Waals surface area contributed by atoms with Crippen LogP contribution in [0.1, 0.15) is 39.3 Å². The molecule has 1 amide bonds. The Labute approximate surface area is 191 Å². The van der Waals surface area contributed by atoms with Gasteiger partial charge in [0.2, 0.25) is 0 Å². The standard InChI is InChI=1S/C27H23N3O3/c31-25(24-23-11-6-16-30(23)17-20-9-4-5-10-22(20)29-24)19-12-14-21(15-13-19)28-27(33)26(32)18-7-2-1-3-8-18/h1-16,24,26,29,32H,17H2,(H,28,33). The summed E-state index contributed by atoms with van der Waals surface area (Å²) in [6, 6.07) is 26.8. The third-order valence-corrected chi connectivity index (χ3v) is 5.88. The lowest BCUT2D eigenvalue weighted by molar-refractivity contribution is -0.124. The molecule has 0 radical (unpaired) electrons. The number of benzene rings is 3. The lowest BCUT2D eigenvalue weighted by Crippen LogP contribution is -2.23. The van der Waals surface area contributed by atoms with Gasteiger partial charge >= 0.3 is 0 Å². The second-order valence-electron chi connectivity index (χ2n) is 8.04. The molecule has 0 fully saturated rings. The number of nitrogens with one attached hydrogen (secondary N) is 2. The van der Waals surface area contributed by atoms with Crippen molar-refractivity contribution in [2.24, 2.45) is 0 Å². The predicted octanol–water partition coefficient (Wildman–Crippen LogP) is 4.56. The molecule has 164 valence electrons. The van der Waals surface area contributed by atoms with Crippen molar-refractivity contribution < 1.29 is 14.7 Å². The van der Waals surface area contributed by atoms with Crippen LogP contribution in [-0.4, -0.2) is 21.4 Å². The molecule has 6 heteroatoms. The highest BCUT2D eigenvalue weighted by Gasteiger charge is 2.28. The average Bonchev–Trinajstić information content (AvgIpc) is 3.25. The van der Waals surface area contributed by atoms with Crippen molar-refractivity contribution in [1.82, 2.24) is 4.57 Å². The number of hydrogen-bond acceptors (Lipinski definition) is 4. The SMILES string of the molecule is O=C(Nc1ccc(C(=O)C2Nc3ccccc3Cn3cccc32)cc1)C(O)c1ccccc1. The minimum atomic E-state index is -1.27. The van der Waals surface area contributed by atoms with Gasteiger partial charge in [-0.15, -0.1) is 0 Å². The number of amides is 1. The summed E-state index contributed by atoms with van der Waals surface area (Å²) in [7, 11) is 0. The lowest BCUT2D eigenvalue weighted by Gasteiger charge is -2.18. The smallest absolute Gasteiger partial charge is 0.257 e. The molecular formula is C27H23N3O3. The van der Waals surface area contributed by atoms with E-state index in [1.54, 1.807) is 48.5 Å². The summed E-state index contributed by atoms with van der Waals surface area (Å²) in [4.78, 5) is 25.8. The first-order chi connectivity index (χ1) is 16.1. The highest BCUT2D eigenvalue weighted by molar-refractivity contribution is 6.03. The van der Waals surface area contributed by atoms with Gasteiger partial charge in [-0.25, -0.2) is 0 Å². The summed E-state index contributed by atoms with van der Waals surface area (Å²) in [5.41, 5.74) is 4.53. The Hall–Kier alpha value is -4.16. The van der Waals surface area contributed by atoms with Gasteiger partial charge in [-0.2, -0.15) is 0 Å². The summed E-state index contributed by atoms with van der Waals surface area (Å²) in [5.74, 6) is -0.589. The molecule has 0 aliphatic carbocycles. The predicted molar refractivity (Wildman–Crippen MR) is 127 cm³/mol. The first kappa shape index (κ1) is 20.7. The van der Waals surface area contributed by atoms with Crippen LogP contribution in [0, 0.1) is 0 Å². The molecule has 1 aliphatic rings. The van der Waals surface area contributed by atoms with Crippen molar-refractivity contribution in [3.8, 4) is 0 Å². The maximum atomic E-state index is 13.4. The normalized spacial score (nSPS) is 15.4. The van der Waals surface area contributed by atoms with Crippen LogP contribution in [0.25, 0.3) is 0 Å². The summed E-state index contributed by atoms with van der Waals surface area (Å²) in [5, 5.41) is 16.4. The Kier molecular flexibility index (Phi) is 5.50. The van der Waals surface area contributed by atoms with Crippen molar-refractivity contribution in [3.63, 3.8) is 0 Å². The molecule has 0 saturated heterocycles. The zero-order valence-corrected chi connectivity index (χ0v) is 17.8. The molecule has 33 heavy (non-hydrogen) atoms. The maximum Gasteiger partial charge on any atom is 0.257 e. The molecule has 0 saturated carbocycles. The number of rotatable bonds is 5. The molecule has 3 N–H and O–H groups in total. The van der Waals surface area contributed by atoms with Gasteiger partial charge in [-0.3, -0.25) is 9.59 Å². The fourth-order valence-corrected chi connectivity index (χ4v) is 4.13. The van der Waals surface area contributed by atoms with Crippen molar-refractivity contribution in [3.05, 3.63) is 120 Å². The van der Waals surface area contributed by atoms with E-state index >= 15 is 0 Å². The number of anilines is 2. The van der Waals surface area contributed by atoms with E-state index in [4.69, 9.17) is 0 Å². The van der Waals surface area contributed by atoms with E-state index in [2.05, 4.69) is 21.3 Å². The van der Waals surface area contributed by atoms with Crippen LogP contribution < -0.4 is 10.6 Å². The Morgan fingerprint density at radius 3 is 2.42 bits per heavy atom. The average molecular weight is 437 g/mol. The number of carbonyl (C=O) groups excluding carboxylic acids is 2. The third kappa shape index (κ3) is 4.16. The minimum absolute atomic E-state index is 0.0613. The molecule has 0 bridgehead atoms. The Bertz CT molecular complexity index is 1300. The van der Waals surface area contributed by atoms with Crippen molar-refractivity contribution in [2.45, 2.75) is 18.7 Å². The summed E-state index contributed by atoms with van der Waals surface area (Å²) in [6.07, 6.45) is 0.714. The van der Waals surface area contributed by atoms with Crippen LogP contribution in [0.3, 0.4) is 0 Å². The number of aromatic nitrogens is 1. The van der Waals surface area contributed by atoms with E-state index in [0.29, 0.717) is 23.4 Å². The highest BCUT2D eigenvalue weighted by Crippen LogP contribution is 2.31. The molecule has 2 heterocycles. The Balaban J connectivity index is 1.34. The fraction of sp³-hybridized carbons (Fsp3) is 0.111. The Morgan fingerprint density at radius 2 is 1.64 bits per heavy atom. The maximum absolute atomic E-state index is 13.4. The van der Waals surface area contributed by atoms with Gasteiger partial charge in [0.15, 0.2) is 11.9 Å². The van der Waals surface area contributed by atoms with Gasteiger partial charge in [-0.1, -0.05) is 48.5 Å². The summed E-state index contributed by atoms with van der Waals surface area (Å²) < 4.78 is 2.08. The third-order valence-electron chi connectivity index (χ3n) is 5.88. The molecule has 3 aromatic carbocycles. The summed E-state index contributed by atoms with van der Waals surface area (Å²) >= 11 is 0. The van der Waals surface area contributed by atoms with Crippen LogP contribution in [-0.2, 0) is 11.3 Å². The van der Waals surface area contributed by atoms with Crippen LogP contribution in [0.2, 0.25) is 0 Å². The van der Waals surface area contributed by atoms with Gasteiger partial charge in [0.25, 0.3) is 5.91 Å². The van der Waals surface area contributed by atoms with E-state index in [1.165, 1.54) is 0 Å². The van der Waals surface area contributed by atoms with Gasteiger partial charge in [0.05, 0.1) is 0 Å². The van der Waals surface area contributed by atoms with E-state index in [1.807, 2.05) is 42.6 Å². The van der Waals surface area contributed by atoms with Crippen LogP contribution in [0.4, 0.5) is 11.4 Å². The molecular weight excluding hydrogens is 414 g/mol. The van der Waals surface area contributed by atoms with Crippen molar-refractivity contribution in [1.29, 1.82) is 0 Å². The summed E-state index contributed by atoms with van der Waals surface area (Å²) in [6.45, 7) is 0.698. The first-order valence-electron chi connectivity index (χ1n) is 10.8. The number of fused-ring (bicyclic) bond motifs is 2. The minimum Gasteiger partial charge on any atom is -0.378 e. The molecule has 2 atom stereocenters. The van der Waals surface area contributed by atoms with E-state index in [0.717, 1.165) is 16.9 Å². The van der Waals surface area contributed by atoms with E-state index in [-0.39, 0.29) is 5.78 Å². The topological polar surface area (TPSA) is 83.4 Å². The largest absolute Gasteiger partial charge is 0.378 e. The number of ketones is 1. The zero-order chi connectivity index (χ0) is 22.8. The number of para-hydroxylation sites is 1. The molecule has 1 aliphatic heterocycles. The van der Waals surface area contributed by atoms with Crippen molar-refractivity contribution in [2.75, 3.05) is 10.6 Å². The molecule has 2 unspecified atom stereocenters. The van der Waals surface area contributed by atoms with Crippen LogP contribution >= 0.6 is 0 Å². The molecule has 6 nitrogen and oxygen atoms in total. The molecule has 1 aromatic heterocycles. The van der Waals surface area contributed by atoms with Crippen LogP contribution in [0.15, 0.2) is 97.2 Å². The van der Waals surface area contributed by atoms with E-state index < -0.39 is 18.1 Å². The molecule has 4 aromatic rings. The highest BCUT2D eigenvalue weighted by atomic mass is 16.3. The second-order valence-corrected chi connectivity index (χ2v) is 8.04. The zero-order valence-electron chi connectivity index (χ0n) is 17.8. The quantitative estimate of drug-likeness (QED) is 0.400. The van der Waals surface area contributed by atoms with Gasteiger partial charge in [0.1, 0.15) is 6.04 Å². The van der Waals surface area contributed by atoms with Crippen LogP contribution in [0.5, 0.6) is 0 Å². The number of nitrogens with zero attached hydrogens (tertiary/aromatic N) is 1. The lowest BCUT2D eigenvalue weighted by atomic mass is 10.0. The number of aliphatic hydroxyl groups excluding tert-OH is 1. The van der Waals surface area contributed by atoms with Gasteiger partial charge in [-0.05, 0) is 53.6 Å². The van der Waals surface area contributed by atoms with Gasteiger partial charge in [0, 0.05) is 35.4 Å². The second kappa shape index (κ2) is 8.76.